The molecule has 0 spiro atoms. The van der Waals surface area contributed by atoms with Gasteiger partial charge in [-0.2, -0.15) is 0 Å². The largest absolute Gasteiger partial charge is 0.468 e. The average Bonchev–Trinajstić information content (AvgIpc) is 2.87. The molecule has 1 amide bonds. The van der Waals surface area contributed by atoms with Gasteiger partial charge in [-0.1, -0.05) is 0 Å². The predicted molar refractivity (Wildman–Crippen MR) is 62.4 cm³/mol. The summed E-state index contributed by atoms with van der Waals surface area (Å²) in [6, 6.07) is 3.67. The van der Waals surface area contributed by atoms with E-state index in [-0.39, 0.29) is 17.8 Å². The fourth-order valence-electron chi connectivity index (χ4n) is 1.65. The summed E-state index contributed by atoms with van der Waals surface area (Å²) in [7, 11) is 1.31. The van der Waals surface area contributed by atoms with Gasteiger partial charge in [0.1, 0.15) is 23.4 Å². The Balaban J connectivity index is 2.16. The van der Waals surface area contributed by atoms with Gasteiger partial charge < -0.3 is 14.1 Å². The highest BCUT2D eigenvalue weighted by Gasteiger charge is 2.36. The fraction of sp³-hybridized carbons (Fsp3) is 0.455. The van der Waals surface area contributed by atoms with Crippen molar-refractivity contribution in [1.29, 1.82) is 0 Å². The third-order valence-electron chi connectivity index (χ3n) is 2.50. The number of amides is 1. The van der Waals surface area contributed by atoms with Crippen LogP contribution in [0.5, 0.6) is 0 Å². The van der Waals surface area contributed by atoms with Gasteiger partial charge in [-0.15, -0.1) is 11.8 Å². The average molecular weight is 255 g/mol. The van der Waals surface area contributed by atoms with Gasteiger partial charge in [0.05, 0.1) is 12.9 Å². The Hall–Kier alpha value is -1.43. The minimum absolute atomic E-state index is 0.0350. The molecule has 1 aliphatic rings. The molecular formula is C11H13NO4S. The molecule has 5 nitrogen and oxygen atoms in total. The first kappa shape index (κ1) is 12.0. The van der Waals surface area contributed by atoms with E-state index in [1.54, 1.807) is 0 Å². The molecule has 17 heavy (non-hydrogen) atoms. The Morgan fingerprint density at radius 3 is 3.00 bits per heavy atom. The van der Waals surface area contributed by atoms with Gasteiger partial charge in [-0.05, 0) is 19.1 Å². The van der Waals surface area contributed by atoms with E-state index in [1.165, 1.54) is 23.8 Å². The van der Waals surface area contributed by atoms with Crippen molar-refractivity contribution in [3.63, 3.8) is 0 Å². The Bertz CT molecular complexity index is 442. The van der Waals surface area contributed by atoms with Gasteiger partial charge in [0.2, 0.25) is 5.91 Å². The first-order valence-corrected chi connectivity index (χ1v) is 6.21. The zero-order valence-electron chi connectivity index (χ0n) is 9.63. The van der Waals surface area contributed by atoms with Crippen molar-refractivity contribution >= 4 is 23.6 Å². The van der Waals surface area contributed by atoms with E-state index >= 15 is 0 Å². The van der Waals surface area contributed by atoms with Gasteiger partial charge >= 0.3 is 5.97 Å². The zero-order valence-corrected chi connectivity index (χ0v) is 10.5. The van der Waals surface area contributed by atoms with Crippen LogP contribution < -0.4 is 0 Å². The first-order chi connectivity index (χ1) is 8.11. The SMILES string of the molecule is COC(=O)CN1C(=O)CSC1c1ccc(C)o1. The lowest BCUT2D eigenvalue weighted by molar-refractivity contribution is -0.146. The molecule has 1 aromatic heterocycles. The number of rotatable bonds is 3. The van der Waals surface area contributed by atoms with E-state index < -0.39 is 5.97 Å². The van der Waals surface area contributed by atoms with Crippen LogP contribution in [0.2, 0.25) is 0 Å². The normalized spacial score (nSPS) is 19.8. The topological polar surface area (TPSA) is 59.8 Å². The van der Waals surface area contributed by atoms with Crippen molar-refractivity contribution in [1.82, 2.24) is 4.90 Å². The number of methoxy groups -OCH3 is 1. The standard InChI is InChI=1S/C11H13NO4S/c1-7-3-4-8(16-7)11-12(5-10(14)15-2)9(13)6-17-11/h3-4,11H,5-6H2,1-2H3. The molecule has 2 heterocycles. The number of hydrogen-bond acceptors (Lipinski definition) is 5. The van der Waals surface area contributed by atoms with Crippen LogP contribution in [0.25, 0.3) is 0 Å². The number of hydrogen-bond donors (Lipinski definition) is 0. The summed E-state index contributed by atoms with van der Waals surface area (Å²) in [5.41, 5.74) is 0. The van der Waals surface area contributed by atoms with Gasteiger partial charge in [-0.25, -0.2) is 0 Å². The Morgan fingerprint density at radius 1 is 1.65 bits per heavy atom. The zero-order chi connectivity index (χ0) is 12.4. The van der Waals surface area contributed by atoms with Crippen molar-refractivity contribution in [3.05, 3.63) is 23.7 Å². The van der Waals surface area contributed by atoms with Crippen molar-refractivity contribution in [2.75, 3.05) is 19.4 Å². The second-order valence-electron chi connectivity index (χ2n) is 3.71. The summed E-state index contributed by atoms with van der Waals surface area (Å²) in [6.07, 6.45) is 0. The number of thioether (sulfide) groups is 1. The van der Waals surface area contributed by atoms with Crippen molar-refractivity contribution < 1.29 is 18.7 Å². The minimum atomic E-state index is -0.422. The molecule has 6 heteroatoms. The third-order valence-corrected chi connectivity index (χ3v) is 3.72. The summed E-state index contributed by atoms with van der Waals surface area (Å²) in [4.78, 5) is 24.4. The van der Waals surface area contributed by atoms with E-state index in [2.05, 4.69) is 4.74 Å². The van der Waals surface area contributed by atoms with Crippen LogP contribution in [0.4, 0.5) is 0 Å². The molecule has 0 bridgehead atoms. The van der Waals surface area contributed by atoms with Crippen LogP contribution in [-0.4, -0.2) is 36.2 Å². The van der Waals surface area contributed by atoms with E-state index in [0.29, 0.717) is 11.5 Å². The molecule has 1 aliphatic heterocycles. The maximum Gasteiger partial charge on any atom is 0.325 e. The summed E-state index contributed by atoms with van der Waals surface area (Å²) in [5.74, 6) is 1.36. The van der Waals surface area contributed by atoms with Crippen LogP contribution in [0.15, 0.2) is 16.5 Å². The lowest BCUT2D eigenvalue weighted by atomic mass is 10.3. The molecule has 0 aliphatic carbocycles. The highest BCUT2D eigenvalue weighted by Crippen LogP contribution is 2.38. The van der Waals surface area contributed by atoms with Crippen LogP contribution in [-0.2, 0) is 14.3 Å². The van der Waals surface area contributed by atoms with Gasteiger partial charge in [0, 0.05) is 0 Å². The minimum Gasteiger partial charge on any atom is -0.468 e. The van der Waals surface area contributed by atoms with Gasteiger partial charge in [-0.3, -0.25) is 9.59 Å². The number of nitrogens with zero attached hydrogens (tertiary/aromatic N) is 1. The number of furan rings is 1. The van der Waals surface area contributed by atoms with Crippen molar-refractivity contribution in [2.24, 2.45) is 0 Å². The molecule has 1 fully saturated rings. The van der Waals surface area contributed by atoms with E-state index in [9.17, 15) is 9.59 Å². The molecule has 1 saturated heterocycles. The smallest absolute Gasteiger partial charge is 0.325 e. The molecule has 1 aromatic rings. The van der Waals surface area contributed by atoms with Gasteiger partial charge in [0.15, 0.2) is 0 Å². The Labute approximate surface area is 103 Å². The number of aryl methyl sites for hydroxylation is 1. The maximum absolute atomic E-state index is 11.7. The lowest BCUT2D eigenvalue weighted by Crippen LogP contribution is -2.33. The van der Waals surface area contributed by atoms with E-state index in [1.807, 2.05) is 19.1 Å². The van der Waals surface area contributed by atoms with Crippen LogP contribution >= 0.6 is 11.8 Å². The molecule has 0 N–H and O–H groups in total. The second-order valence-corrected chi connectivity index (χ2v) is 4.78. The summed E-state index contributed by atoms with van der Waals surface area (Å²) in [6.45, 7) is 1.81. The number of ether oxygens (including phenoxy) is 1. The molecule has 1 atom stereocenters. The van der Waals surface area contributed by atoms with Crippen molar-refractivity contribution in [2.45, 2.75) is 12.3 Å². The molecule has 0 saturated carbocycles. The van der Waals surface area contributed by atoms with E-state index in [4.69, 9.17) is 4.42 Å². The first-order valence-electron chi connectivity index (χ1n) is 5.16. The molecule has 0 aromatic carbocycles. The van der Waals surface area contributed by atoms with Crippen molar-refractivity contribution in [3.8, 4) is 0 Å². The van der Waals surface area contributed by atoms with Crippen LogP contribution in [0, 0.1) is 6.92 Å². The molecule has 1 unspecified atom stereocenters. The number of carbonyl (C=O) groups is 2. The van der Waals surface area contributed by atoms with Crippen LogP contribution in [0.3, 0.4) is 0 Å². The summed E-state index contributed by atoms with van der Waals surface area (Å²) in [5, 5.41) is -0.227. The third kappa shape index (κ3) is 2.46. The highest BCUT2D eigenvalue weighted by atomic mass is 32.2. The van der Waals surface area contributed by atoms with E-state index in [0.717, 1.165) is 5.76 Å². The van der Waals surface area contributed by atoms with Crippen LogP contribution in [0.1, 0.15) is 16.9 Å². The number of carbonyl (C=O) groups excluding carboxylic acids is 2. The molecule has 2 rings (SSSR count). The predicted octanol–water partition coefficient (Wildman–Crippen LogP) is 1.34. The second kappa shape index (κ2) is 4.83. The summed E-state index contributed by atoms with van der Waals surface area (Å²) >= 11 is 1.45. The Kier molecular flexibility index (Phi) is 3.42. The highest BCUT2D eigenvalue weighted by molar-refractivity contribution is 8.00. The molecule has 0 radical (unpaired) electrons. The molecular weight excluding hydrogens is 242 g/mol. The van der Waals surface area contributed by atoms with Gasteiger partial charge in [0.25, 0.3) is 0 Å². The fourth-order valence-corrected chi connectivity index (χ4v) is 2.78. The molecule has 92 valence electrons. The lowest BCUT2D eigenvalue weighted by Gasteiger charge is -2.20. The quantitative estimate of drug-likeness (QED) is 0.763. The monoisotopic (exact) mass is 255 g/mol. The number of esters is 1. The Morgan fingerprint density at radius 2 is 2.41 bits per heavy atom. The maximum atomic E-state index is 11.7. The summed E-state index contributed by atoms with van der Waals surface area (Å²) < 4.78 is 10.1.